The Hall–Kier alpha value is -2.34. The number of rotatable bonds is 4. The van der Waals surface area contributed by atoms with Crippen LogP contribution < -0.4 is 10.5 Å². The number of benzene rings is 2. The first-order valence-corrected chi connectivity index (χ1v) is 7.41. The maximum Gasteiger partial charge on any atom is 0.261 e. The van der Waals surface area contributed by atoms with E-state index in [-0.39, 0.29) is 10.7 Å². The first-order chi connectivity index (χ1) is 9.38. The number of aryl methyl sites for hydroxylation is 1. The number of hydrogen-bond acceptors (Lipinski definition) is 3. The third kappa shape index (κ3) is 3.16. The lowest BCUT2D eigenvalue weighted by molar-refractivity contribution is 0.601. The molecule has 0 atom stereocenters. The predicted octanol–water partition coefficient (Wildman–Crippen LogP) is 2.08. The number of nitrogens with two attached hydrogens (primary N) is 1. The van der Waals surface area contributed by atoms with Crippen LogP contribution in [0.1, 0.15) is 11.1 Å². The van der Waals surface area contributed by atoms with Crippen molar-refractivity contribution in [3.05, 3.63) is 59.7 Å². The zero-order valence-electron chi connectivity index (χ0n) is 10.9. The highest BCUT2D eigenvalue weighted by Gasteiger charge is 2.14. The van der Waals surface area contributed by atoms with Crippen molar-refractivity contribution in [1.29, 1.82) is 5.41 Å². The van der Waals surface area contributed by atoms with Crippen molar-refractivity contribution in [3.63, 3.8) is 0 Å². The standard InChI is InChI=1S/C14H15N3O2S/c1-10-4-2-7-13(8-10)20(18,19)17-12-6-3-5-11(9-12)14(15)16/h2-9,17H,1H3,(H3,15,16). The Morgan fingerprint density at radius 3 is 2.50 bits per heavy atom. The molecule has 0 saturated carbocycles. The molecule has 6 heteroatoms. The summed E-state index contributed by atoms with van der Waals surface area (Å²) in [5.74, 6) is -0.110. The van der Waals surface area contributed by atoms with Gasteiger partial charge >= 0.3 is 0 Å². The highest BCUT2D eigenvalue weighted by atomic mass is 32.2. The van der Waals surface area contributed by atoms with Gasteiger partial charge in [-0.15, -0.1) is 0 Å². The van der Waals surface area contributed by atoms with Crippen LogP contribution >= 0.6 is 0 Å². The van der Waals surface area contributed by atoms with Crippen molar-refractivity contribution in [1.82, 2.24) is 0 Å². The van der Waals surface area contributed by atoms with Crippen molar-refractivity contribution in [2.45, 2.75) is 11.8 Å². The molecule has 0 aliphatic carbocycles. The molecule has 4 N–H and O–H groups in total. The van der Waals surface area contributed by atoms with Gasteiger partial charge in [0.15, 0.2) is 0 Å². The van der Waals surface area contributed by atoms with Gasteiger partial charge in [0.1, 0.15) is 5.84 Å². The van der Waals surface area contributed by atoms with Gasteiger partial charge in [0.2, 0.25) is 0 Å². The molecule has 0 bridgehead atoms. The molecule has 0 radical (unpaired) electrons. The zero-order chi connectivity index (χ0) is 14.8. The minimum atomic E-state index is -3.64. The van der Waals surface area contributed by atoms with E-state index in [0.717, 1.165) is 5.56 Å². The summed E-state index contributed by atoms with van der Waals surface area (Å²) in [5, 5.41) is 7.36. The van der Waals surface area contributed by atoms with Gasteiger partial charge < -0.3 is 5.73 Å². The Morgan fingerprint density at radius 2 is 1.85 bits per heavy atom. The smallest absolute Gasteiger partial charge is 0.261 e. The van der Waals surface area contributed by atoms with E-state index in [0.29, 0.717) is 11.3 Å². The number of nitrogens with one attached hydrogen (secondary N) is 2. The van der Waals surface area contributed by atoms with Gasteiger partial charge in [-0.05, 0) is 36.8 Å². The maximum absolute atomic E-state index is 12.2. The predicted molar refractivity (Wildman–Crippen MR) is 79.4 cm³/mol. The quantitative estimate of drug-likeness (QED) is 0.594. The number of sulfonamides is 1. The van der Waals surface area contributed by atoms with Crippen LogP contribution in [0.5, 0.6) is 0 Å². The summed E-state index contributed by atoms with van der Waals surface area (Å²) >= 11 is 0. The van der Waals surface area contributed by atoms with Crippen LogP contribution in [0.4, 0.5) is 5.69 Å². The molecule has 0 aromatic heterocycles. The third-order valence-electron chi connectivity index (χ3n) is 2.73. The Morgan fingerprint density at radius 1 is 1.15 bits per heavy atom. The molecule has 0 amide bonds. The third-order valence-corrected chi connectivity index (χ3v) is 4.10. The molecule has 2 aromatic carbocycles. The second kappa shape index (κ2) is 5.34. The molecule has 104 valence electrons. The second-order valence-electron chi connectivity index (χ2n) is 4.42. The maximum atomic E-state index is 12.2. The summed E-state index contributed by atoms with van der Waals surface area (Å²) in [4.78, 5) is 0.200. The van der Waals surface area contributed by atoms with Crippen LogP contribution in [-0.2, 0) is 10.0 Å². The van der Waals surface area contributed by atoms with E-state index in [1.54, 1.807) is 30.3 Å². The molecule has 2 aromatic rings. The summed E-state index contributed by atoms with van der Waals surface area (Å²) in [6.07, 6.45) is 0. The average Bonchev–Trinajstić information content (AvgIpc) is 2.38. The van der Waals surface area contributed by atoms with Crippen molar-refractivity contribution < 1.29 is 8.42 Å². The molecule has 0 saturated heterocycles. The van der Waals surface area contributed by atoms with Gasteiger partial charge in [0.05, 0.1) is 4.90 Å². The molecule has 0 spiro atoms. The van der Waals surface area contributed by atoms with E-state index in [9.17, 15) is 8.42 Å². The van der Waals surface area contributed by atoms with E-state index in [1.165, 1.54) is 12.1 Å². The Kier molecular flexibility index (Phi) is 3.76. The first-order valence-electron chi connectivity index (χ1n) is 5.92. The normalized spacial score (nSPS) is 11.1. The van der Waals surface area contributed by atoms with E-state index >= 15 is 0 Å². The fourth-order valence-corrected chi connectivity index (χ4v) is 2.90. The molecular formula is C14H15N3O2S. The Bertz CT molecular complexity index is 755. The summed E-state index contributed by atoms with van der Waals surface area (Å²) in [7, 11) is -3.64. The van der Waals surface area contributed by atoms with E-state index in [1.807, 2.05) is 13.0 Å². The first kappa shape index (κ1) is 14.1. The molecule has 0 fully saturated rings. The van der Waals surface area contributed by atoms with E-state index in [4.69, 9.17) is 11.1 Å². The van der Waals surface area contributed by atoms with Crippen LogP contribution in [0.25, 0.3) is 0 Å². The van der Waals surface area contributed by atoms with Crippen molar-refractivity contribution in [2.75, 3.05) is 4.72 Å². The van der Waals surface area contributed by atoms with Gasteiger partial charge in [-0.2, -0.15) is 0 Å². The SMILES string of the molecule is Cc1cccc(S(=O)(=O)Nc2cccc(C(=N)N)c2)c1. The van der Waals surface area contributed by atoms with Gasteiger partial charge in [0, 0.05) is 11.3 Å². The lowest BCUT2D eigenvalue weighted by Crippen LogP contribution is -2.15. The molecule has 5 nitrogen and oxygen atoms in total. The lowest BCUT2D eigenvalue weighted by atomic mass is 10.2. The molecular weight excluding hydrogens is 274 g/mol. The molecule has 20 heavy (non-hydrogen) atoms. The number of anilines is 1. The molecule has 0 heterocycles. The van der Waals surface area contributed by atoms with E-state index < -0.39 is 10.0 Å². The monoisotopic (exact) mass is 289 g/mol. The van der Waals surface area contributed by atoms with Crippen molar-refractivity contribution in [3.8, 4) is 0 Å². The highest BCUT2D eigenvalue weighted by molar-refractivity contribution is 7.92. The number of amidine groups is 1. The van der Waals surface area contributed by atoms with Gasteiger partial charge in [-0.25, -0.2) is 8.42 Å². The average molecular weight is 289 g/mol. The fraction of sp³-hybridized carbons (Fsp3) is 0.0714. The van der Waals surface area contributed by atoms with E-state index in [2.05, 4.69) is 4.72 Å². The van der Waals surface area contributed by atoms with Crippen LogP contribution in [-0.4, -0.2) is 14.3 Å². The van der Waals surface area contributed by atoms with Crippen molar-refractivity contribution in [2.24, 2.45) is 5.73 Å². The van der Waals surface area contributed by atoms with Gasteiger partial charge in [-0.1, -0.05) is 24.3 Å². The summed E-state index contributed by atoms with van der Waals surface area (Å²) in [6.45, 7) is 1.83. The minimum Gasteiger partial charge on any atom is -0.384 e. The Balaban J connectivity index is 2.33. The van der Waals surface area contributed by atoms with Gasteiger partial charge in [-0.3, -0.25) is 10.1 Å². The molecule has 2 rings (SSSR count). The summed E-state index contributed by atoms with van der Waals surface area (Å²) in [6, 6.07) is 13.1. The summed E-state index contributed by atoms with van der Waals surface area (Å²) < 4.78 is 27.0. The second-order valence-corrected chi connectivity index (χ2v) is 6.10. The molecule has 0 aliphatic rings. The lowest BCUT2D eigenvalue weighted by Gasteiger charge is -2.09. The van der Waals surface area contributed by atoms with Gasteiger partial charge in [0.25, 0.3) is 10.0 Å². The van der Waals surface area contributed by atoms with Crippen molar-refractivity contribution >= 4 is 21.5 Å². The number of nitrogen functional groups attached to an aromatic ring is 1. The highest BCUT2D eigenvalue weighted by Crippen LogP contribution is 2.17. The largest absolute Gasteiger partial charge is 0.384 e. The zero-order valence-corrected chi connectivity index (χ0v) is 11.7. The Labute approximate surface area is 118 Å². The molecule has 0 aliphatic heterocycles. The summed E-state index contributed by atoms with van der Waals surface area (Å²) in [5.41, 5.74) is 7.09. The van der Waals surface area contributed by atoms with Crippen LogP contribution in [0, 0.1) is 12.3 Å². The topological polar surface area (TPSA) is 96.0 Å². The van der Waals surface area contributed by atoms with Crippen LogP contribution in [0.3, 0.4) is 0 Å². The number of hydrogen-bond donors (Lipinski definition) is 3. The fourth-order valence-electron chi connectivity index (χ4n) is 1.75. The van der Waals surface area contributed by atoms with Crippen LogP contribution in [0.15, 0.2) is 53.4 Å². The minimum absolute atomic E-state index is 0.110. The van der Waals surface area contributed by atoms with Crippen LogP contribution in [0.2, 0.25) is 0 Å². The molecule has 0 unspecified atom stereocenters.